The van der Waals surface area contributed by atoms with E-state index in [9.17, 15) is 4.79 Å². The summed E-state index contributed by atoms with van der Waals surface area (Å²) in [4.78, 5) is 12.0. The van der Waals surface area contributed by atoms with Gasteiger partial charge in [-0.15, -0.1) is 0 Å². The van der Waals surface area contributed by atoms with Crippen LogP contribution in [-0.2, 0) is 9.53 Å². The zero-order valence-electron chi connectivity index (χ0n) is 10.1. The fourth-order valence-electron chi connectivity index (χ4n) is 1.98. The van der Waals surface area contributed by atoms with Crippen LogP contribution in [0.2, 0.25) is 0 Å². The van der Waals surface area contributed by atoms with E-state index in [0.717, 1.165) is 32.1 Å². The molecule has 0 amide bonds. The largest absolute Gasteiger partial charge is 0.370 e. The minimum absolute atomic E-state index is 0.284. The van der Waals surface area contributed by atoms with Gasteiger partial charge in [0.05, 0.1) is 0 Å². The standard InChI is InChI=1S/C12H24O2/c1-5-8-11(13)12(14-4,9-6-2)10-7-3/h5-10H2,1-4H3. The smallest absolute Gasteiger partial charge is 0.164 e. The molecule has 0 rings (SSSR count). The number of carbonyl (C=O) groups excluding carboxylic acids is 1. The summed E-state index contributed by atoms with van der Waals surface area (Å²) in [6, 6.07) is 0. The van der Waals surface area contributed by atoms with E-state index in [2.05, 4.69) is 13.8 Å². The van der Waals surface area contributed by atoms with Gasteiger partial charge in [-0.3, -0.25) is 4.79 Å². The molecule has 0 bridgehead atoms. The molecule has 0 unspecified atom stereocenters. The average molecular weight is 200 g/mol. The van der Waals surface area contributed by atoms with E-state index in [-0.39, 0.29) is 5.78 Å². The number of Topliss-reactive ketones (excluding diaryl/α,β-unsaturated/α-hetero) is 1. The van der Waals surface area contributed by atoms with E-state index < -0.39 is 5.60 Å². The lowest BCUT2D eigenvalue weighted by atomic mass is 9.86. The Hall–Kier alpha value is -0.370. The van der Waals surface area contributed by atoms with Crippen LogP contribution in [0, 0.1) is 0 Å². The molecule has 0 aliphatic rings. The normalized spacial score (nSPS) is 11.7. The van der Waals surface area contributed by atoms with Crippen LogP contribution in [0.4, 0.5) is 0 Å². The first-order valence-corrected chi connectivity index (χ1v) is 5.75. The van der Waals surface area contributed by atoms with Gasteiger partial charge in [0.25, 0.3) is 0 Å². The van der Waals surface area contributed by atoms with Crippen molar-refractivity contribution < 1.29 is 9.53 Å². The summed E-state index contributed by atoms with van der Waals surface area (Å²) in [6.45, 7) is 6.24. The second-order valence-electron chi connectivity index (χ2n) is 3.87. The molecule has 0 spiro atoms. The Morgan fingerprint density at radius 2 is 1.57 bits per heavy atom. The molecule has 0 N–H and O–H groups in total. The Bertz CT molecular complexity index is 158. The maximum absolute atomic E-state index is 12.0. The van der Waals surface area contributed by atoms with Crippen LogP contribution in [0.5, 0.6) is 0 Å². The van der Waals surface area contributed by atoms with E-state index in [1.54, 1.807) is 7.11 Å². The van der Waals surface area contributed by atoms with Gasteiger partial charge >= 0.3 is 0 Å². The molecular formula is C12H24O2. The van der Waals surface area contributed by atoms with Crippen molar-refractivity contribution in [1.29, 1.82) is 0 Å². The summed E-state index contributed by atoms with van der Waals surface area (Å²) in [6.07, 6.45) is 5.28. The molecule has 14 heavy (non-hydrogen) atoms. The number of hydrogen-bond donors (Lipinski definition) is 0. The summed E-state index contributed by atoms with van der Waals surface area (Å²) in [5.41, 5.74) is -0.487. The topological polar surface area (TPSA) is 26.3 Å². The predicted octanol–water partition coefficient (Wildman–Crippen LogP) is 3.34. The summed E-state index contributed by atoms with van der Waals surface area (Å²) in [7, 11) is 1.67. The Morgan fingerprint density at radius 3 is 1.86 bits per heavy atom. The quantitative estimate of drug-likeness (QED) is 0.600. The number of carbonyl (C=O) groups is 1. The molecule has 2 nitrogen and oxygen atoms in total. The van der Waals surface area contributed by atoms with Crippen LogP contribution in [0.25, 0.3) is 0 Å². The molecule has 0 aliphatic heterocycles. The Balaban J connectivity index is 4.54. The third-order valence-electron chi connectivity index (χ3n) is 2.68. The fourth-order valence-corrected chi connectivity index (χ4v) is 1.98. The molecule has 84 valence electrons. The molecule has 0 atom stereocenters. The van der Waals surface area contributed by atoms with Crippen molar-refractivity contribution >= 4 is 5.78 Å². The van der Waals surface area contributed by atoms with Crippen LogP contribution in [-0.4, -0.2) is 18.5 Å². The molecule has 0 saturated heterocycles. The van der Waals surface area contributed by atoms with Gasteiger partial charge in [0.15, 0.2) is 5.78 Å². The zero-order chi connectivity index (χ0) is 11.0. The summed E-state index contributed by atoms with van der Waals surface area (Å²) in [5, 5.41) is 0. The first-order chi connectivity index (χ1) is 6.66. The lowest BCUT2D eigenvalue weighted by Crippen LogP contribution is -2.40. The van der Waals surface area contributed by atoms with E-state index in [1.165, 1.54) is 0 Å². The molecule has 0 radical (unpaired) electrons. The summed E-state index contributed by atoms with van der Waals surface area (Å²) in [5.74, 6) is 0.284. The molecule has 0 aromatic carbocycles. The number of hydrogen-bond acceptors (Lipinski definition) is 2. The van der Waals surface area contributed by atoms with E-state index >= 15 is 0 Å². The third kappa shape index (κ3) is 3.41. The van der Waals surface area contributed by atoms with Crippen molar-refractivity contribution in [2.45, 2.75) is 64.9 Å². The second kappa shape index (κ2) is 6.99. The van der Waals surface area contributed by atoms with Gasteiger partial charge in [-0.2, -0.15) is 0 Å². The van der Waals surface area contributed by atoms with Gasteiger partial charge in [0.1, 0.15) is 5.60 Å². The molecule has 2 heteroatoms. The molecular weight excluding hydrogens is 176 g/mol. The Morgan fingerprint density at radius 1 is 1.07 bits per heavy atom. The first kappa shape index (κ1) is 13.6. The first-order valence-electron chi connectivity index (χ1n) is 5.75. The number of ether oxygens (including phenoxy) is 1. The van der Waals surface area contributed by atoms with E-state index in [0.29, 0.717) is 6.42 Å². The van der Waals surface area contributed by atoms with Gasteiger partial charge in [0.2, 0.25) is 0 Å². The van der Waals surface area contributed by atoms with E-state index in [4.69, 9.17) is 4.74 Å². The number of rotatable bonds is 8. The molecule has 0 aromatic heterocycles. The van der Waals surface area contributed by atoms with Crippen molar-refractivity contribution in [3.63, 3.8) is 0 Å². The highest BCUT2D eigenvalue weighted by Gasteiger charge is 2.35. The van der Waals surface area contributed by atoms with Crippen LogP contribution in [0.1, 0.15) is 59.3 Å². The van der Waals surface area contributed by atoms with Gasteiger partial charge in [-0.05, 0) is 19.3 Å². The van der Waals surface area contributed by atoms with Crippen molar-refractivity contribution in [3.8, 4) is 0 Å². The highest BCUT2D eigenvalue weighted by atomic mass is 16.5. The molecule has 0 aliphatic carbocycles. The lowest BCUT2D eigenvalue weighted by Gasteiger charge is -2.30. The van der Waals surface area contributed by atoms with Gasteiger partial charge < -0.3 is 4.74 Å². The van der Waals surface area contributed by atoms with Crippen LogP contribution in [0.3, 0.4) is 0 Å². The van der Waals surface area contributed by atoms with Crippen molar-refractivity contribution in [1.82, 2.24) is 0 Å². The Labute approximate surface area is 88.0 Å². The SMILES string of the molecule is CCCC(=O)C(CCC)(CCC)OC. The predicted molar refractivity (Wildman–Crippen MR) is 59.5 cm³/mol. The molecule has 0 heterocycles. The average Bonchev–Trinajstić information content (AvgIpc) is 2.17. The molecule has 0 aromatic rings. The van der Waals surface area contributed by atoms with Crippen molar-refractivity contribution in [2.24, 2.45) is 0 Å². The summed E-state index contributed by atoms with van der Waals surface area (Å²) >= 11 is 0. The van der Waals surface area contributed by atoms with E-state index in [1.807, 2.05) is 6.92 Å². The van der Waals surface area contributed by atoms with Crippen molar-refractivity contribution in [3.05, 3.63) is 0 Å². The van der Waals surface area contributed by atoms with Gasteiger partial charge in [-0.25, -0.2) is 0 Å². The highest BCUT2D eigenvalue weighted by molar-refractivity contribution is 5.87. The van der Waals surface area contributed by atoms with Gasteiger partial charge in [0, 0.05) is 13.5 Å². The lowest BCUT2D eigenvalue weighted by molar-refractivity contribution is -0.143. The minimum Gasteiger partial charge on any atom is -0.370 e. The number of ketones is 1. The van der Waals surface area contributed by atoms with Crippen LogP contribution in [0.15, 0.2) is 0 Å². The zero-order valence-corrected chi connectivity index (χ0v) is 10.1. The number of methoxy groups -OCH3 is 1. The van der Waals surface area contributed by atoms with Crippen molar-refractivity contribution in [2.75, 3.05) is 7.11 Å². The Kier molecular flexibility index (Phi) is 6.81. The molecule has 0 fully saturated rings. The fraction of sp³-hybridized carbons (Fsp3) is 0.917. The van der Waals surface area contributed by atoms with Gasteiger partial charge in [-0.1, -0.05) is 33.6 Å². The minimum atomic E-state index is -0.487. The van der Waals surface area contributed by atoms with Crippen LogP contribution < -0.4 is 0 Å². The monoisotopic (exact) mass is 200 g/mol. The molecule has 0 saturated carbocycles. The summed E-state index contributed by atoms with van der Waals surface area (Å²) < 4.78 is 5.48. The second-order valence-corrected chi connectivity index (χ2v) is 3.87. The highest BCUT2D eigenvalue weighted by Crippen LogP contribution is 2.26. The maximum Gasteiger partial charge on any atom is 0.164 e. The van der Waals surface area contributed by atoms with Crippen LogP contribution >= 0.6 is 0 Å². The third-order valence-corrected chi connectivity index (χ3v) is 2.68. The maximum atomic E-state index is 12.0.